The van der Waals surface area contributed by atoms with Crippen LogP contribution in [0, 0.1) is 0 Å². The van der Waals surface area contributed by atoms with Crippen LogP contribution in [-0.4, -0.2) is 50.2 Å². The lowest BCUT2D eigenvalue weighted by molar-refractivity contribution is -0.144. The highest BCUT2D eigenvalue weighted by Crippen LogP contribution is 2.34. The molecule has 1 atom stereocenters. The van der Waals surface area contributed by atoms with E-state index in [1.807, 2.05) is 0 Å². The molecular formula is C21H24F3N3O4. The Hall–Kier alpha value is -3.30. The average molecular weight is 439 g/mol. The Balaban J connectivity index is 2.12. The lowest BCUT2D eigenvalue weighted by Crippen LogP contribution is -2.39. The van der Waals surface area contributed by atoms with Crippen molar-refractivity contribution >= 4 is 17.7 Å². The zero-order valence-electron chi connectivity index (χ0n) is 17.6. The normalized spacial score (nSPS) is 12.1. The fourth-order valence-corrected chi connectivity index (χ4v) is 2.53. The summed E-state index contributed by atoms with van der Waals surface area (Å²) < 4.78 is 49.9. The lowest BCUT2D eigenvalue weighted by atomic mass is 10.1. The van der Waals surface area contributed by atoms with E-state index in [0.717, 1.165) is 12.1 Å². The van der Waals surface area contributed by atoms with Gasteiger partial charge in [0, 0.05) is 19.7 Å². The van der Waals surface area contributed by atoms with Gasteiger partial charge in [0.15, 0.2) is 6.10 Å². The van der Waals surface area contributed by atoms with Crippen molar-refractivity contribution in [3.8, 4) is 17.0 Å². The standard InChI is InChI=1S/C21H24F3N3O4/c1-5-30-19(28)12-25-20(29)13(2)31-16-8-6-14(7-9-16)17-10-15(21(22,23)24)11-18(26-17)27(3)4/h6-11,13H,5,12H2,1-4H3,(H,25,29)/t13-/m1/s1. The summed E-state index contributed by atoms with van der Waals surface area (Å²) >= 11 is 0. The molecule has 0 saturated carbocycles. The van der Waals surface area contributed by atoms with E-state index in [1.165, 1.54) is 24.0 Å². The van der Waals surface area contributed by atoms with Crippen molar-refractivity contribution in [1.82, 2.24) is 10.3 Å². The van der Waals surface area contributed by atoms with Crippen LogP contribution in [0.2, 0.25) is 0 Å². The van der Waals surface area contributed by atoms with Crippen molar-refractivity contribution in [2.45, 2.75) is 26.1 Å². The number of halogens is 3. The molecule has 1 aromatic heterocycles. The predicted molar refractivity (Wildman–Crippen MR) is 109 cm³/mol. The van der Waals surface area contributed by atoms with E-state index in [-0.39, 0.29) is 24.7 Å². The molecule has 0 aliphatic carbocycles. The minimum atomic E-state index is -4.50. The second-order valence-electron chi connectivity index (χ2n) is 6.80. The summed E-state index contributed by atoms with van der Waals surface area (Å²) in [5, 5.41) is 2.40. The first kappa shape index (κ1) is 24.0. The minimum Gasteiger partial charge on any atom is -0.481 e. The van der Waals surface area contributed by atoms with E-state index in [9.17, 15) is 22.8 Å². The van der Waals surface area contributed by atoms with Crippen molar-refractivity contribution in [3.05, 3.63) is 42.0 Å². The number of aromatic nitrogens is 1. The molecule has 0 bridgehead atoms. The number of anilines is 1. The Labute approximate surface area is 178 Å². The topological polar surface area (TPSA) is 80.8 Å². The van der Waals surface area contributed by atoms with Crippen LogP contribution in [0.3, 0.4) is 0 Å². The van der Waals surface area contributed by atoms with Gasteiger partial charge in [-0.1, -0.05) is 0 Å². The number of nitrogens with zero attached hydrogens (tertiary/aromatic N) is 2. The van der Waals surface area contributed by atoms with Gasteiger partial charge < -0.3 is 19.7 Å². The molecule has 31 heavy (non-hydrogen) atoms. The number of pyridine rings is 1. The second-order valence-corrected chi connectivity index (χ2v) is 6.80. The number of amides is 1. The quantitative estimate of drug-likeness (QED) is 0.636. The van der Waals surface area contributed by atoms with Gasteiger partial charge in [0.1, 0.15) is 18.1 Å². The zero-order valence-corrected chi connectivity index (χ0v) is 17.6. The van der Waals surface area contributed by atoms with Gasteiger partial charge in [-0.05, 0) is 50.2 Å². The summed E-state index contributed by atoms with van der Waals surface area (Å²) in [6, 6.07) is 8.14. The maximum Gasteiger partial charge on any atom is 0.416 e. The molecule has 7 nitrogen and oxygen atoms in total. The Bertz CT molecular complexity index is 915. The molecule has 0 aliphatic heterocycles. The third-order valence-corrected chi connectivity index (χ3v) is 4.14. The van der Waals surface area contributed by atoms with Crippen LogP contribution in [0.1, 0.15) is 19.4 Å². The Kier molecular flexibility index (Phi) is 7.84. The van der Waals surface area contributed by atoms with Crippen molar-refractivity contribution in [2.75, 3.05) is 32.1 Å². The average Bonchev–Trinajstić information content (AvgIpc) is 2.71. The third kappa shape index (κ3) is 6.87. The van der Waals surface area contributed by atoms with Gasteiger partial charge in [0.2, 0.25) is 0 Å². The Morgan fingerprint density at radius 1 is 1.16 bits per heavy atom. The maximum absolute atomic E-state index is 13.2. The fourth-order valence-electron chi connectivity index (χ4n) is 2.53. The molecule has 0 aliphatic rings. The molecular weight excluding hydrogens is 415 g/mol. The molecule has 0 spiro atoms. The molecule has 0 radical (unpaired) electrons. The van der Waals surface area contributed by atoms with Crippen LogP contribution in [0.5, 0.6) is 5.75 Å². The molecule has 2 aromatic rings. The number of hydrogen-bond acceptors (Lipinski definition) is 6. The van der Waals surface area contributed by atoms with E-state index in [4.69, 9.17) is 9.47 Å². The molecule has 1 aromatic carbocycles. The van der Waals surface area contributed by atoms with Crippen LogP contribution in [0.15, 0.2) is 36.4 Å². The van der Waals surface area contributed by atoms with Gasteiger partial charge in [-0.3, -0.25) is 9.59 Å². The van der Waals surface area contributed by atoms with Crippen LogP contribution in [0.25, 0.3) is 11.3 Å². The van der Waals surface area contributed by atoms with Gasteiger partial charge in [0.25, 0.3) is 5.91 Å². The van der Waals surface area contributed by atoms with E-state index in [0.29, 0.717) is 11.3 Å². The molecule has 1 N–H and O–H groups in total. The van der Waals surface area contributed by atoms with E-state index >= 15 is 0 Å². The molecule has 2 rings (SSSR count). The van der Waals surface area contributed by atoms with Crippen LogP contribution < -0.4 is 15.0 Å². The van der Waals surface area contributed by atoms with Gasteiger partial charge in [-0.15, -0.1) is 0 Å². The Morgan fingerprint density at radius 3 is 2.35 bits per heavy atom. The van der Waals surface area contributed by atoms with Crippen LogP contribution >= 0.6 is 0 Å². The summed E-state index contributed by atoms with van der Waals surface area (Å²) in [5.74, 6) is -0.551. The molecule has 1 amide bonds. The molecule has 0 unspecified atom stereocenters. The second kappa shape index (κ2) is 10.1. The number of carbonyl (C=O) groups is 2. The molecule has 10 heteroatoms. The number of hydrogen-bond donors (Lipinski definition) is 1. The molecule has 0 saturated heterocycles. The van der Waals surface area contributed by atoms with Gasteiger partial charge in [-0.25, -0.2) is 4.98 Å². The van der Waals surface area contributed by atoms with Crippen molar-refractivity contribution in [3.63, 3.8) is 0 Å². The number of esters is 1. The van der Waals surface area contributed by atoms with Gasteiger partial charge in [0.05, 0.1) is 17.9 Å². The number of carbonyl (C=O) groups excluding carboxylic acids is 2. The van der Waals surface area contributed by atoms with Crippen molar-refractivity contribution < 1.29 is 32.2 Å². The summed E-state index contributed by atoms with van der Waals surface area (Å²) in [7, 11) is 3.22. The smallest absolute Gasteiger partial charge is 0.416 e. The monoisotopic (exact) mass is 439 g/mol. The van der Waals surface area contributed by atoms with E-state index in [1.54, 1.807) is 33.2 Å². The van der Waals surface area contributed by atoms with E-state index < -0.39 is 29.7 Å². The molecule has 168 valence electrons. The molecule has 0 fully saturated rings. The van der Waals surface area contributed by atoms with E-state index in [2.05, 4.69) is 10.3 Å². The number of benzene rings is 1. The number of ether oxygens (including phenoxy) is 2. The first-order valence-electron chi connectivity index (χ1n) is 9.48. The number of rotatable bonds is 8. The highest BCUT2D eigenvalue weighted by molar-refractivity contribution is 5.84. The highest BCUT2D eigenvalue weighted by atomic mass is 19.4. The van der Waals surface area contributed by atoms with Crippen LogP contribution in [0.4, 0.5) is 19.0 Å². The first-order chi connectivity index (χ1) is 14.5. The summed E-state index contributed by atoms with van der Waals surface area (Å²) in [6.45, 7) is 3.11. The highest BCUT2D eigenvalue weighted by Gasteiger charge is 2.32. The summed E-state index contributed by atoms with van der Waals surface area (Å²) in [5.41, 5.74) is -0.181. The largest absolute Gasteiger partial charge is 0.481 e. The molecule has 1 heterocycles. The van der Waals surface area contributed by atoms with Crippen LogP contribution in [-0.2, 0) is 20.5 Å². The zero-order chi connectivity index (χ0) is 23.2. The van der Waals surface area contributed by atoms with Gasteiger partial charge >= 0.3 is 12.1 Å². The maximum atomic E-state index is 13.2. The van der Waals surface area contributed by atoms with Crippen molar-refractivity contribution in [1.29, 1.82) is 0 Å². The third-order valence-electron chi connectivity index (χ3n) is 4.14. The summed E-state index contributed by atoms with van der Waals surface area (Å²) in [6.07, 6.45) is -5.40. The first-order valence-corrected chi connectivity index (χ1v) is 9.48. The minimum absolute atomic E-state index is 0.158. The van der Waals surface area contributed by atoms with Gasteiger partial charge in [-0.2, -0.15) is 13.2 Å². The number of alkyl halides is 3. The predicted octanol–water partition coefficient (Wildman–Crippen LogP) is 3.28. The lowest BCUT2D eigenvalue weighted by Gasteiger charge is -2.17. The SMILES string of the molecule is CCOC(=O)CNC(=O)[C@@H](C)Oc1ccc(-c2cc(C(F)(F)F)cc(N(C)C)n2)cc1. The Morgan fingerprint density at radius 2 is 1.81 bits per heavy atom. The number of nitrogens with one attached hydrogen (secondary N) is 1. The summed E-state index contributed by atoms with van der Waals surface area (Å²) in [4.78, 5) is 29.1. The van der Waals surface area contributed by atoms with Crippen molar-refractivity contribution in [2.24, 2.45) is 0 Å². The fraction of sp³-hybridized carbons (Fsp3) is 0.381.